The summed E-state index contributed by atoms with van der Waals surface area (Å²) in [4.78, 5) is 38.1. The summed E-state index contributed by atoms with van der Waals surface area (Å²) in [6, 6.07) is 0. The number of carbonyl (C=O) groups excluding carboxylic acids is 3. The summed E-state index contributed by atoms with van der Waals surface area (Å²) in [5.41, 5.74) is 0. The first-order valence-corrected chi connectivity index (χ1v) is 31.7. The fourth-order valence-electron chi connectivity index (χ4n) is 8.53. The topological polar surface area (TPSA) is 78.9 Å². The zero-order valence-corrected chi connectivity index (χ0v) is 49.9. The van der Waals surface area contributed by atoms with E-state index in [9.17, 15) is 14.4 Å². The molecule has 0 spiro atoms. The van der Waals surface area contributed by atoms with Crippen molar-refractivity contribution in [3.05, 3.63) is 134 Å². The Morgan fingerprint density at radius 3 is 0.896 bits per heavy atom. The Bertz CT molecular complexity index is 1650. The molecule has 0 N–H and O–H groups in total. The van der Waals surface area contributed by atoms with E-state index in [1.807, 2.05) is 12.2 Å². The molecule has 6 nitrogen and oxygen atoms in total. The lowest BCUT2D eigenvalue weighted by Gasteiger charge is -2.17. The van der Waals surface area contributed by atoms with Gasteiger partial charge in [-0.3, -0.25) is 14.4 Å². The minimum atomic E-state index is -0.877. The third kappa shape index (κ3) is 62.3. The number of rotatable bonds is 56. The van der Waals surface area contributed by atoms with Crippen molar-refractivity contribution in [2.45, 2.75) is 284 Å². The first kappa shape index (κ1) is 72.5. The lowest BCUT2D eigenvalue weighted by Crippen LogP contribution is -2.30. The molecule has 0 aliphatic heterocycles. The Morgan fingerprint density at radius 1 is 0.286 bits per heavy atom. The zero-order chi connectivity index (χ0) is 55.7. The molecule has 0 saturated heterocycles. The number of hydrogen-bond acceptors (Lipinski definition) is 6. The van der Waals surface area contributed by atoms with Crippen LogP contribution in [-0.2, 0) is 28.6 Å². The molecule has 0 aromatic rings. The number of ether oxygens (including phenoxy) is 3. The molecule has 0 aliphatic rings. The summed E-state index contributed by atoms with van der Waals surface area (Å²) < 4.78 is 16.7. The average molecular weight is 1070 g/mol. The van der Waals surface area contributed by atoms with Crippen LogP contribution in [0.4, 0.5) is 0 Å². The molecule has 0 heterocycles. The van der Waals surface area contributed by atoms with Gasteiger partial charge in [-0.1, -0.05) is 296 Å². The van der Waals surface area contributed by atoms with Crippen molar-refractivity contribution in [1.82, 2.24) is 0 Å². The third-order valence-electron chi connectivity index (χ3n) is 13.2. The SMILES string of the molecule is CC/C=C\C/C=C\C/C=C\C/C=C\C/C=C\CC(=O)OCC(COC(=O)CCCCCCCCCCCCCCCCCCC/C=C\CCCCCCCCCC)OC(=O)C/C=C\C/C=C\C/C=C\C/C=C\C/C=C\CC. The molecule has 0 fully saturated rings. The smallest absolute Gasteiger partial charge is 0.310 e. The van der Waals surface area contributed by atoms with E-state index in [1.54, 1.807) is 12.2 Å². The van der Waals surface area contributed by atoms with Crippen LogP contribution >= 0.6 is 0 Å². The Labute approximate surface area is 475 Å². The molecule has 436 valence electrons. The summed E-state index contributed by atoms with van der Waals surface area (Å²) in [6.45, 7) is 6.25. The van der Waals surface area contributed by atoms with Crippen molar-refractivity contribution < 1.29 is 28.6 Å². The van der Waals surface area contributed by atoms with Crippen molar-refractivity contribution in [3.63, 3.8) is 0 Å². The molecule has 0 aromatic heterocycles. The van der Waals surface area contributed by atoms with Gasteiger partial charge in [-0.15, -0.1) is 0 Å². The van der Waals surface area contributed by atoms with Crippen molar-refractivity contribution in [2.75, 3.05) is 13.2 Å². The number of hydrogen-bond donors (Lipinski definition) is 0. The van der Waals surface area contributed by atoms with Crippen molar-refractivity contribution in [3.8, 4) is 0 Å². The van der Waals surface area contributed by atoms with E-state index in [2.05, 4.69) is 130 Å². The highest BCUT2D eigenvalue weighted by Crippen LogP contribution is 2.16. The summed E-state index contributed by atoms with van der Waals surface area (Å²) in [5.74, 6) is -1.21. The van der Waals surface area contributed by atoms with E-state index >= 15 is 0 Å². The Hall–Kier alpha value is -4.45. The maximum atomic E-state index is 12.8. The molecule has 1 atom stereocenters. The maximum absolute atomic E-state index is 12.8. The second-order valence-corrected chi connectivity index (χ2v) is 20.6. The predicted octanol–water partition coefficient (Wildman–Crippen LogP) is 21.8. The molecular formula is C71H116O6. The largest absolute Gasteiger partial charge is 0.462 e. The van der Waals surface area contributed by atoms with Crippen LogP contribution in [0.25, 0.3) is 0 Å². The summed E-state index contributed by atoms with van der Waals surface area (Å²) in [5, 5.41) is 0. The van der Waals surface area contributed by atoms with E-state index in [1.165, 1.54) is 154 Å². The molecular weight excluding hydrogens is 949 g/mol. The van der Waals surface area contributed by atoms with Gasteiger partial charge in [0.2, 0.25) is 0 Å². The van der Waals surface area contributed by atoms with Crippen molar-refractivity contribution >= 4 is 17.9 Å². The number of carbonyl (C=O) groups is 3. The van der Waals surface area contributed by atoms with E-state index in [-0.39, 0.29) is 32.0 Å². The first-order chi connectivity index (χ1) is 38.0. The Morgan fingerprint density at radius 2 is 0.558 bits per heavy atom. The minimum absolute atomic E-state index is 0.0737. The molecule has 0 saturated carbocycles. The third-order valence-corrected chi connectivity index (χ3v) is 13.2. The summed E-state index contributed by atoms with van der Waals surface area (Å²) in [6.07, 6.45) is 91.1. The molecule has 0 bridgehead atoms. The van der Waals surface area contributed by atoms with Gasteiger partial charge >= 0.3 is 17.9 Å². The van der Waals surface area contributed by atoms with Crippen LogP contribution in [0.1, 0.15) is 278 Å². The van der Waals surface area contributed by atoms with Crippen LogP contribution < -0.4 is 0 Å². The lowest BCUT2D eigenvalue weighted by molar-refractivity contribution is -0.166. The second-order valence-electron chi connectivity index (χ2n) is 20.6. The molecule has 0 aliphatic carbocycles. The van der Waals surface area contributed by atoms with Gasteiger partial charge in [0.15, 0.2) is 6.10 Å². The highest BCUT2D eigenvalue weighted by Gasteiger charge is 2.19. The standard InChI is InChI=1S/C71H116O6/c1-4-7-10-13-16-19-22-25-28-29-30-31-32-33-34-35-36-37-38-39-40-41-44-46-49-52-55-58-61-64-70(73)76-67-68(77-71(74)65-62-59-56-53-50-47-43-27-24-21-18-15-12-9-6-3)66-75-69(72)63-60-57-54-51-48-45-42-26-23-20-17-14-11-8-5-2/h8-9,11-12,17-18,20-21,26-27,29-30,42-43,48,50-51,53,57,59-60,62,68H,4-7,10,13-16,19,22-25,28,31-41,44-47,49,52,54-56,58,61,63-67H2,1-3H3/b11-8-,12-9-,20-17-,21-18-,30-29-,42-26-,43-27-,51-48-,53-50-,60-57-,62-59-. The molecule has 1 unspecified atom stereocenters. The van der Waals surface area contributed by atoms with Crippen LogP contribution in [0.2, 0.25) is 0 Å². The molecule has 0 aromatic carbocycles. The van der Waals surface area contributed by atoms with Gasteiger partial charge in [0.25, 0.3) is 0 Å². The van der Waals surface area contributed by atoms with Gasteiger partial charge in [-0.05, 0) is 96.3 Å². The predicted molar refractivity (Wildman–Crippen MR) is 334 cm³/mol. The number of unbranched alkanes of at least 4 members (excludes halogenated alkanes) is 25. The average Bonchev–Trinajstić information content (AvgIpc) is 3.43. The fourth-order valence-corrected chi connectivity index (χ4v) is 8.53. The Kier molecular flexibility index (Phi) is 60.4. The van der Waals surface area contributed by atoms with Gasteiger partial charge < -0.3 is 14.2 Å². The molecule has 0 radical (unpaired) electrons. The van der Waals surface area contributed by atoms with Crippen molar-refractivity contribution in [2.24, 2.45) is 0 Å². The second kappa shape index (κ2) is 64.1. The maximum Gasteiger partial charge on any atom is 0.310 e. The van der Waals surface area contributed by atoms with Crippen LogP contribution in [0, 0.1) is 0 Å². The van der Waals surface area contributed by atoms with Crippen molar-refractivity contribution in [1.29, 1.82) is 0 Å². The number of allylic oxidation sites excluding steroid dienone is 20. The molecule has 77 heavy (non-hydrogen) atoms. The van der Waals surface area contributed by atoms with Crippen LogP contribution in [0.15, 0.2) is 134 Å². The van der Waals surface area contributed by atoms with Gasteiger partial charge in [-0.2, -0.15) is 0 Å². The van der Waals surface area contributed by atoms with Crippen LogP contribution in [0.5, 0.6) is 0 Å². The van der Waals surface area contributed by atoms with Gasteiger partial charge in [-0.25, -0.2) is 0 Å². The quantitative estimate of drug-likeness (QED) is 0.0261. The van der Waals surface area contributed by atoms with Crippen LogP contribution in [-0.4, -0.2) is 37.2 Å². The van der Waals surface area contributed by atoms with E-state index in [4.69, 9.17) is 14.2 Å². The first-order valence-electron chi connectivity index (χ1n) is 31.7. The monoisotopic (exact) mass is 1060 g/mol. The van der Waals surface area contributed by atoms with Gasteiger partial charge in [0.1, 0.15) is 13.2 Å². The highest BCUT2D eigenvalue weighted by molar-refractivity contribution is 5.72. The lowest BCUT2D eigenvalue weighted by atomic mass is 10.0. The summed E-state index contributed by atoms with van der Waals surface area (Å²) in [7, 11) is 0. The van der Waals surface area contributed by atoms with E-state index in [0.29, 0.717) is 12.8 Å². The summed E-state index contributed by atoms with van der Waals surface area (Å²) >= 11 is 0. The van der Waals surface area contributed by atoms with E-state index < -0.39 is 18.0 Å². The van der Waals surface area contributed by atoms with E-state index in [0.717, 1.165) is 77.0 Å². The molecule has 0 amide bonds. The highest BCUT2D eigenvalue weighted by atomic mass is 16.6. The zero-order valence-electron chi connectivity index (χ0n) is 49.9. The molecule has 0 rings (SSSR count). The normalized spacial score (nSPS) is 13.0. The number of esters is 3. The fraction of sp³-hybridized carbons (Fsp3) is 0.648. The Balaban J connectivity index is 4.36. The van der Waals surface area contributed by atoms with Gasteiger partial charge in [0, 0.05) is 6.42 Å². The minimum Gasteiger partial charge on any atom is -0.462 e. The van der Waals surface area contributed by atoms with Gasteiger partial charge in [0.05, 0.1) is 12.8 Å². The molecule has 6 heteroatoms. The van der Waals surface area contributed by atoms with Crippen LogP contribution in [0.3, 0.4) is 0 Å².